The van der Waals surface area contributed by atoms with Crippen molar-refractivity contribution in [3.05, 3.63) is 29.3 Å². The van der Waals surface area contributed by atoms with Gasteiger partial charge in [-0.05, 0) is 32.4 Å². The number of nitrogens with zero attached hydrogens (tertiary/aromatic N) is 1. The van der Waals surface area contributed by atoms with Crippen LogP contribution in [0.15, 0.2) is 24.3 Å². The third kappa shape index (κ3) is 2.85. The molecule has 1 heterocycles. The molecule has 3 N–H and O–H groups in total. The van der Waals surface area contributed by atoms with Gasteiger partial charge in [-0.2, -0.15) is 0 Å². The van der Waals surface area contributed by atoms with Gasteiger partial charge in [0.1, 0.15) is 5.54 Å². The number of para-hydroxylation sites is 1. The number of halogens is 1. The largest absolute Gasteiger partial charge is 0.369 e. The topological polar surface area (TPSA) is 58.4 Å². The van der Waals surface area contributed by atoms with Crippen molar-refractivity contribution in [3.8, 4) is 0 Å². The summed E-state index contributed by atoms with van der Waals surface area (Å²) in [5.41, 5.74) is 5.65. The molecule has 2 rings (SSSR count). The maximum absolute atomic E-state index is 11.9. The molecular weight excluding hydrogens is 262 g/mol. The molecule has 0 radical (unpaired) electrons. The summed E-state index contributed by atoms with van der Waals surface area (Å²) >= 11 is 6.14. The fraction of sp³-hybridized carbons (Fsp3) is 0.500. The van der Waals surface area contributed by atoms with E-state index in [2.05, 4.69) is 24.1 Å². The molecule has 1 amide bonds. The monoisotopic (exact) mass is 281 g/mol. The maximum Gasteiger partial charge on any atom is 0.244 e. The van der Waals surface area contributed by atoms with Crippen LogP contribution in [0.3, 0.4) is 0 Å². The average molecular weight is 282 g/mol. The first-order valence-electron chi connectivity index (χ1n) is 6.51. The van der Waals surface area contributed by atoms with Crippen LogP contribution in [-0.4, -0.2) is 35.5 Å². The summed E-state index contributed by atoms with van der Waals surface area (Å²) < 4.78 is 0. The van der Waals surface area contributed by atoms with Gasteiger partial charge in [-0.1, -0.05) is 23.7 Å². The summed E-state index contributed by atoms with van der Waals surface area (Å²) in [6, 6.07) is 7.81. The number of primary amides is 1. The summed E-state index contributed by atoms with van der Waals surface area (Å²) in [7, 11) is 0. The van der Waals surface area contributed by atoms with Crippen LogP contribution < -0.4 is 11.1 Å². The quantitative estimate of drug-likeness (QED) is 0.888. The first-order chi connectivity index (χ1) is 8.94. The number of benzene rings is 1. The van der Waals surface area contributed by atoms with Crippen LogP contribution in [0.4, 0.5) is 5.69 Å². The molecule has 0 aliphatic carbocycles. The molecule has 1 saturated heterocycles. The second-order valence-electron chi connectivity index (χ2n) is 5.37. The van der Waals surface area contributed by atoms with E-state index in [-0.39, 0.29) is 5.91 Å². The molecule has 19 heavy (non-hydrogen) atoms. The Labute approximate surface area is 118 Å². The fourth-order valence-electron chi connectivity index (χ4n) is 2.47. The van der Waals surface area contributed by atoms with Crippen LogP contribution in [-0.2, 0) is 4.79 Å². The Balaban J connectivity index is 2.23. The Hall–Kier alpha value is -1.26. The number of rotatable bonds is 4. The van der Waals surface area contributed by atoms with E-state index in [1.165, 1.54) is 0 Å². The third-order valence-electron chi connectivity index (χ3n) is 3.75. The van der Waals surface area contributed by atoms with Crippen molar-refractivity contribution in [2.45, 2.75) is 31.8 Å². The predicted octanol–water partition coefficient (Wildman–Crippen LogP) is 2.09. The molecule has 5 heteroatoms. The minimum atomic E-state index is -0.727. The van der Waals surface area contributed by atoms with Crippen LogP contribution in [0.5, 0.6) is 0 Å². The van der Waals surface area contributed by atoms with Crippen molar-refractivity contribution in [2.75, 3.05) is 18.4 Å². The number of nitrogens with two attached hydrogens (primary N) is 1. The molecule has 1 aromatic rings. The molecule has 0 spiro atoms. The van der Waals surface area contributed by atoms with Gasteiger partial charge in [0.25, 0.3) is 0 Å². The van der Waals surface area contributed by atoms with Gasteiger partial charge in [-0.25, -0.2) is 0 Å². The van der Waals surface area contributed by atoms with Crippen molar-refractivity contribution >= 4 is 23.2 Å². The standard InChI is InChI=1S/C14H20ClN3O/c1-10(2)18-8-7-14(9-18,13(16)19)17-12-6-4-3-5-11(12)15/h3-6,10,17H,7-9H2,1-2H3,(H2,16,19). The molecule has 1 aliphatic heterocycles. The molecule has 4 nitrogen and oxygen atoms in total. The number of likely N-dealkylation sites (tertiary alicyclic amines) is 1. The van der Waals surface area contributed by atoms with Gasteiger partial charge in [0, 0.05) is 19.1 Å². The maximum atomic E-state index is 11.9. The fourth-order valence-corrected chi connectivity index (χ4v) is 2.65. The number of nitrogens with one attached hydrogen (secondary N) is 1. The van der Waals surface area contributed by atoms with Gasteiger partial charge in [0.15, 0.2) is 0 Å². The molecule has 1 atom stereocenters. The van der Waals surface area contributed by atoms with Crippen molar-refractivity contribution in [1.82, 2.24) is 4.90 Å². The lowest BCUT2D eigenvalue weighted by molar-refractivity contribution is -0.122. The Morgan fingerprint density at radius 3 is 2.68 bits per heavy atom. The van der Waals surface area contributed by atoms with E-state index in [9.17, 15) is 4.79 Å². The Kier molecular flexibility index (Phi) is 4.02. The Bertz CT molecular complexity index is 478. The number of carbonyl (C=O) groups excluding carboxylic acids is 1. The van der Waals surface area contributed by atoms with Gasteiger partial charge in [-0.3, -0.25) is 9.69 Å². The van der Waals surface area contributed by atoms with E-state index in [1.807, 2.05) is 18.2 Å². The highest BCUT2D eigenvalue weighted by Crippen LogP contribution is 2.30. The molecule has 1 aliphatic rings. The van der Waals surface area contributed by atoms with E-state index in [4.69, 9.17) is 17.3 Å². The van der Waals surface area contributed by atoms with Gasteiger partial charge in [0.2, 0.25) is 5.91 Å². The predicted molar refractivity (Wildman–Crippen MR) is 78.3 cm³/mol. The lowest BCUT2D eigenvalue weighted by atomic mass is 9.97. The SMILES string of the molecule is CC(C)N1CCC(Nc2ccccc2Cl)(C(N)=O)C1. The summed E-state index contributed by atoms with van der Waals surface area (Å²) in [6.07, 6.45) is 0.700. The normalized spacial score (nSPS) is 23.8. The number of hydrogen-bond acceptors (Lipinski definition) is 3. The van der Waals surface area contributed by atoms with Gasteiger partial charge in [0.05, 0.1) is 10.7 Å². The van der Waals surface area contributed by atoms with E-state index in [1.54, 1.807) is 6.07 Å². The molecule has 1 unspecified atom stereocenters. The smallest absolute Gasteiger partial charge is 0.244 e. The highest BCUT2D eigenvalue weighted by atomic mass is 35.5. The second kappa shape index (κ2) is 5.39. The first-order valence-corrected chi connectivity index (χ1v) is 6.89. The highest BCUT2D eigenvalue weighted by molar-refractivity contribution is 6.33. The van der Waals surface area contributed by atoms with Crippen LogP contribution >= 0.6 is 11.6 Å². The molecule has 0 bridgehead atoms. The third-order valence-corrected chi connectivity index (χ3v) is 4.08. The number of amides is 1. The molecule has 104 valence electrons. The van der Waals surface area contributed by atoms with Crippen molar-refractivity contribution in [2.24, 2.45) is 5.73 Å². The zero-order chi connectivity index (χ0) is 14.0. The van der Waals surface area contributed by atoms with Crippen molar-refractivity contribution in [3.63, 3.8) is 0 Å². The molecule has 0 aromatic heterocycles. The van der Waals surface area contributed by atoms with Crippen LogP contribution in [0.1, 0.15) is 20.3 Å². The summed E-state index contributed by atoms with van der Waals surface area (Å²) in [6.45, 7) is 5.71. The lowest BCUT2D eigenvalue weighted by Crippen LogP contribution is -2.53. The summed E-state index contributed by atoms with van der Waals surface area (Å²) in [4.78, 5) is 14.1. The van der Waals surface area contributed by atoms with Crippen LogP contribution in [0.2, 0.25) is 5.02 Å². The van der Waals surface area contributed by atoms with Crippen LogP contribution in [0, 0.1) is 0 Å². The summed E-state index contributed by atoms with van der Waals surface area (Å²) in [5, 5.41) is 3.86. The van der Waals surface area contributed by atoms with E-state index >= 15 is 0 Å². The van der Waals surface area contributed by atoms with Crippen molar-refractivity contribution in [1.29, 1.82) is 0 Å². The first kappa shape index (κ1) is 14.2. The molecule has 1 fully saturated rings. The zero-order valence-corrected chi connectivity index (χ0v) is 12.1. The van der Waals surface area contributed by atoms with E-state index in [0.717, 1.165) is 12.2 Å². The van der Waals surface area contributed by atoms with Gasteiger partial charge < -0.3 is 11.1 Å². The minimum Gasteiger partial charge on any atom is -0.369 e. The molecular formula is C14H20ClN3O. The Morgan fingerprint density at radius 1 is 1.47 bits per heavy atom. The van der Waals surface area contributed by atoms with E-state index < -0.39 is 5.54 Å². The van der Waals surface area contributed by atoms with Gasteiger partial charge in [-0.15, -0.1) is 0 Å². The average Bonchev–Trinajstić information content (AvgIpc) is 2.78. The van der Waals surface area contributed by atoms with E-state index in [0.29, 0.717) is 24.0 Å². The molecule has 1 aromatic carbocycles. The number of carbonyl (C=O) groups is 1. The number of hydrogen-bond donors (Lipinski definition) is 2. The molecule has 0 saturated carbocycles. The Morgan fingerprint density at radius 2 is 2.16 bits per heavy atom. The lowest BCUT2D eigenvalue weighted by Gasteiger charge is -2.30. The second-order valence-corrected chi connectivity index (χ2v) is 5.77. The highest BCUT2D eigenvalue weighted by Gasteiger charge is 2.44. The van der Waals surface area contributed by atoms with Crippen LogP contribution in [0.25, 0.3) is 0 Å². The van der Waals surface area contributed by atoms with Gasteiger partial charge >= 0.3 is 0 Å². The minimum absolute atomic E-state index is 0.324. The zero-order valence-electron chi connectivity index (χ0n) is 11.3. The van der Waals surface area contributed by atoms with Crippen molar-refractivity contribution < 1.29 is 4.79 Å². The number of anilines is 1. The summed E-state index contributed by atoms with van der Waals surface area (Å²) in [5.74, 6) is -0.324.